The number of aliphatic imine (C=N–C) groups is 1. The van der Waals surface area contributed by atoms with Crippen molar-refractivity contribution in [3.63, 3.8) is 0 Å². The third kappa shape index (κ3) is 4.78. The van der Waals surface area contributed by atoms with E-state index in [-0.39, 0.29) is 5.69 Å². The van der Waals surface area contributed by atoms with Crippen molar-refractivity contribution in [2.45, 2.75) is 13.8 Å². The van der Waals surface area contributed by atoms with Gasteiger partial charge in [-0.2, -0.15) is 0 Å². The Morgan fingerprint density at radius 1 is 0.923 bits per heavy atom. The predicted molar refractivity (Wildman–Crippen MR) is 108 cm³/mol. The molecule has 0 spiro atoms. The minimum absolute atomic E-state index is 0.0875. The summed E-state index contributed by atoms with van der Waals surface area (Å²) in [7, 11) is 0. The average molecular weight is 458 g/mol. The third-order valence-electron chi connectivity index (χ3n) is 3.82. The Labute approximate surface area is 162 Å². The van der Waals surface area contributed by atoms with Gasteiger partial charge in [-0.3, -0.25) is 0 Å². The number of aryl methyl sites for hydroxylation is 2. The van der Waals surface area contributed by atoms with E-state index in [1.54, 1.807) is 18.3 Å². The molecule has 0 N–H and O–H groups in total. The van der Waals surface area contributed by atoms with Gasteiger partial charge in [0, 0.05) is 0 Å². The van der Waals surface area contributed by atoms with Gasteiger partial charge in [-0.15, -0.1) is 0 Å². The Morgan fingerprint density at radius 2 is 1.58 bits per heavy atom. The fourth-order valence-corrected chi connectivity index (χ4v) is 5.21. The number of nitro benzene ring substituents is 1. The van der Waals surface area contributed by atoms with Crippen LogP contribution in [0.25, 0.3) is 0 Å². The molecule has 0 aliphatic rings. The summed E-state index contributed by atoms with van der Waals surface area (Å²) in [6.07, 6.45) is 1.76. The van der Waals surface area contributed by atoms with Crippen molar-refractivity contribution in [3.05, 3.63) is 93.5 Å². The molecule has 3 rings (SSSR count). The molecular formula is C21H18N2O2Te. The molecule has 0 amide bonds. The monoisotopic (exact) mass is 460 g/mol. The fourth-order valence-electron chi connectivity index (χ4n) is 2.37. The first-order valence-electron chi connectivity index (χ1n) is 8.15. The molecule has 0 aliphatic heterocycles. The van der Waals surface area contributed by atoms with Gasteiger partial charge in [-0.1, -0.05) is 0 Å². The van der Waals surface area contributed by atoms with Gasteiger partial charge >= 0.3 is 163 Å². The second kappa shape index (κ2) is 8.27. The van der Waals surface area contributed by atoms with E-state index in [0.29, 0.717) is 0 Å². The quantitative estimate of drug-likeness (QED) is 0.254. The number of benzene rings is 3. The topological polar surface area (TPSA) is 55.5 Å². The van der Waals surface area contributed by atoms with E-state index in [1.165, 1.54) is 30.5 Å². The Balaban J connectivity index is 1.85. The van der Waals surface area contributed by atoms with E-state index in [4.69, 9.17) is 0 Å². The minimum atomic E-state index is -0.529. The van der Waals surface area contributed by atoms with Gasteiger partial charge in [0.25, 0.3) is 0 Å². The number of rotatable bonds is 5. The summed E-state index contributed by atoms with van der Waals surface area (Å²) in [5.41, 5.74) is 4.40. The molecule has 130 valence electrons. The summed E-state index contributed by atoms with van der Waals surface area (Å²) < 4.78 is 2.66. The summed E-state index contributed by atoms with van der Waals surface area (Å²) in [5, 5.41) is 10.7. The van der Waals surface area contributed by atoms with E-state index in [2.05, 4.69) is 55.2 Å². The van der Waals surface area contributed by atoms with Gasteiger partial charge in [0.2, 0.25) is 0 Å². The maximum absolute atomic E-state index is 10.7. The number of hydrogen-bond donors (Lipinski definition) is 0. The van der Waals surface area contributed by atoms with Crippen molar-refractivity contribution < 1.29 is 4.92 Å². The molecule has 4 nitrogen and oxygen atoms in total. The van der Waals surface area contributed by atoms with Crippen LogP contribution in [-0.4, -0.2) is 32.1 Å². The number of non-ortho nitro benzene ring substituents is 1. The summed E-state index contributed by atoms with van der Waals surface area (Å²) in [5.74, 6) is 0. The summed E-state index contributed by atoms with van der Waals surface area (Å²) in [6, 6.07) is 21.4. The molecule has 0 bridgehead atoms. The zero-order chi connectivity index (χ0) is 18.5. The molecule has 3 aromatic carbocycles. The van der Waals surface area contributed by atoms with Crippen molar-refractivity contribution in [2.75, 3.05) is 0 Å². The van der Waals surface area contributed by atoms with Crippen LogP contribution >= 0.6 is 0 Å². The van der Waals surface area contributed by atoms with Crippen LogP contribution in [-0.2, 0) is 0 Å². The van der Waals surface area contributed by atoms with Gasteiger partial charge in [-0.25, -0.2) is 0 Å². The van der Waals surface area contributed by atoms with Crippen LogP contribution in [0, 0.1) is 24.0 Å². The molecule has 0 fully saturated rings. The third-order valence-corrected chi connectivity index (χ3v) is 6.83. The van der Waals surface area contributed by atoms with E-state index in [1.807, 2.05) is 6.07 Å². The molecule has 3 aromatic rings. The second-order valence-electron chi connectivity index (χ2n) is 5.99. The molecular weight excluding hydrogens is 440 g/mol. The van der Waals surface area contributed by atoms with Crippen molar-refractivity contribution >= 4 is 45.7 Å². The van der Waals surface area contributed by atoms with Gasteiger partial charge in [0.1, 0.15) is 0 Å². The first-order valence-corrected chi connectivity index (χ1v) is 10.5. The number of nitrogens with zero attached hydrogens (tertiary/aromatic N) is 2. The van der Waals surface area contributed by atoms with Crippen molar-refractivity contribution in [1.29, 1.82) is 0 Å². The zero-order valence-corrected chi connectivity index (χ0v) is 16.9. The van der Waals surface area contributed by atoms with Gasteiger partial charge in [0.05, 0.1) is 0 Å². The van der Waals surface area contributed by atoms with Gasteiger partial charge in [-0.05, 0) is 0 Å². The van der Waals surface area contributed by atoms with Crippen LogP contribution in [0.3, 0.4) is 0 Å². The molecule has 0 aromatic heterocycles. The average Bonchev–Trinajstić information content (AvgIpc) is 2.63. The van der Waals surface area contributed by atoms with E-state index >= 15 is 0 Å². The molecule has 26 heavy (non-hydrogen) atoms. The Hall–Kier alpha value is -2.48. The summed E-state index contributed by atoms with van der Waals surface area (Å²) in [4.78, 5) is 15.0. The van der Waals surface area contributed by atoms with Crippen LogP contribution in [0.2, 0.25) is 0 Å². The van der Waals surface area contributed by atoms with E-state index < -0.39 is 25.8 Å². The van der Waals surface area contributed by atoms with Crippen LogP contribution < -0.4 is 7.22 Å². The molecule has 0 saturated carbocycles. The standard InChI is InChI=1S/C21H18N2O2Te/c1-15-3-10-19(11-4-15)26-21-13-16(2)5-12-20(21)22-14-17-6-8-18(9-7-17)23(24)25/h3-14H,1-2H3. The maximum atomic E-state index is 10.7. The van der Waals surface area contributed by atoms with Gasteiger partial charge < -0.3 is 0 Å². The van der Waals surface area contributed by atoms with Crippen LogP contribution in [0.5, 0.6) is 0 Å². The zero-order valence-electron chi connectivity index (χ0n) is 14.5. The van der Waals surface area contributed by atoms with Gasteiger partial charge in [0.15, 0.2) is 0 Å². The molecule has 0 unspecified atom stereocenters. The Morgan fingerprint density at radius 3 is 2.23 bits per heavy atom. The van der Waals surface area contributed by atoms with Crippen molar-refractivity contribution in [1.82, 2.24) is 0 Å². The molecule has 0 atom stereocenters. The SMILES string of the molecule is Cc1ccc([Te]c2cc(C)ccc2N=Cc2ccc([N+](=O)[O-])cc2)cc1. The second-order valence-corrected chi connectivity index (χ2v) is 9.18. The van der Waals surface area contributed by atoms with E-state index in [9.17, 15) is 10.1 Å². The summed E-state index contributed by atoms with van der Waals surface area (Å²) >= 11 is -0.529. The fraction of sp³-hybridized carbons (Fsp3) is 0.0952. The van der Waals surface area contributed by atoms with Crippen LogP contribution in [0.15, 0.2) is 71.7 Å². The summed E-state index contributed by atoms with van der Waals surface area (Å²) in [6.45, 7) is 4.19. The first-order chi connectivity index (χ1) is 12.5. The Bertz CT molecular complexity index is 949. The van der Waals surface area contributed by atoms with Crippen LogP contribution in [0.1, 0.15) is 16.7 Å². The Kier molecular flexibility index (Phi) is 5.82. The van der Waals surface area contributed by atoms with E-state index in [0.717, 1.165) is 11.3 Å². The molecule has 0 radical (unpaired) electrons. The predicted octanol–water partition coefficient (Wildman–Crippen LogP) is 3.62. The van der Waals surface area contributed by atoms with Crippen LogP contribution in [0.4, 0.5) is 11.4 Å². The first kappa shape index (κ1) is 18.3. The molecule has 0 aliphatic carbocycles. The van der Waals surface area contributed by atoms with Crippen molar-refractivity contribution in [2.24, 2.45) is 4.99 Å². The number of nitro groups is 1. The van der Waals surface area contributed by atoms with Crippen molar-refractivity contribution in [3.8, 4) is 0 Å². The molecule has 0 saturated heterocycles. The molecule has 5 heteroatoms. The number of hydrogen-bond acceptors (Lipinski definition) is 3. The molecule has 0 heterocycles. The normalized spacial score (nSPS) is 11.0.